The molecule has 1 N–H and O–H groups in total. The number of nitro benzene ring substituents is 1. The van der Waals surface area contributed by atoms with Crippen LogP contribution in [0.4, 0.5) is 10.1 Å². The van der Waals surface area contributed by atoms with E-state index in [4.69, 9.17) is 0 Å². The number of benzene rings is 1. The first-order chi connectivity index (χ1) is 8.86. The molecule has 0 aliphatic heterocycles. The van der Waals surface area contributed by atoms with Crippen molar-refractivity contribution in [2.45, 2.75) is 13.0 Å². The van der Waals surface area contributed by atoms with E-state index in [2.05, 4.69) is 10.1 Å². The zero-order valence-corrected chi connectivity index (χ0v) is 10.2. The summed E-state index contributed by atoms with van der Waals surface area (Å²) >= 11 is 0. The predicted molar refractivity (Wildman–Crippen MR) is 62.0 cm³/mol. The molecule has 0 spiro atoms. The van der Waals surface area contributed by atoms with Crippen molar-refractivity contribution in [1.82, 2.24) is 5.32 Å². The minimum Gasteiger partial charge on any atom is -0.467 e. The van der Waals surface area contributed by atoms with Crippen molar-refractivity contribution in [2.75, 3.05) is 7.11 Å². The van der Waals surface area contributed by atoms with Gasteiger partial charge in [-0.05, 0) is 19.1 Å². The van der Waals surface area contributed by atoms with Crippen molar-refractivity contribution in [3.8, 4) is 0 Å². The molecule has 1 atom stereocenters. The predicted octanol–water partition coefficient (Wildman–Crippen LogP) is 1.03. The minimum absolute atomic E-state index is 0.121. The standard InChI is InChI=1S/C11H11FN2O5/c1-6(11(16)19-2)13-10(15)7-3-4-8(12)9(5-7)14(17)18/h3-6H,1-2H3,(H,13,15)/t6-/m0/s1. The third-order valence-corrected chi connectivity index (χ3v) is 2.31. The van der Waals surface area contributed by atoms with Crippen molar-refractivity contribution in [1.29, 1.82) is 0 Å². The van der Waals surface area contributed by atoms with Crippen LogP contribution in [-0.4, -0.2) is 30.0 Å². The summed E-state index contributed by atoms with van der Waals surface area (Å²) in [5.41, 5.74) is -0.928. The van der Waals surface area contributed by atoms with Crippen LogP contribution in [-0.2, 0) is 9.53 Å². The Morgan fingerprint density at radius 1 is 1.47 bits per heavy atom. The average molecular weight is 270 g/mol. The van der Waals surface area contributed by atoms with Crippen molar-refractivity contribution in [3.63, 3.8) is 0 Å². The highest BCUT2D eigenvalue weighted by Crippen LogP contribution is 2.18. The molecule has 0 fully saturated rings. The monoisotopic (exact) mass is 270 g/mol. The molecule has 0 heterocycles. The van der Waals surface area contributed by atoms with E-state index in [-0.39, 0.29) is 5.56 Å². The lowest BCUT2D eigenvalue weighted by atomic mass is 10.1. The lowest BCUT2D eigenvalue weighted by molar-refractivity contribution is -0.387. The normalized spacial score (nSPS) is 11.5. The first-order valence-corrected chi connectivity index (χ1v) is 5.19. The van der Waals surface area contributed by atoms with Gasteiger partial charge in [0.25, 0.3) is 5.91 Å². The topological polar surface area (TPSA) is 98.5 Å². The van der Waals surface area contributed by atoms with Crippen LogP contribution in [0.25, 0.3) is 0 Å². The molecule has 0 aliphatic rings. The van der Waals surface area contributed by atoms with Crippen LogP contribution in [0.15, 0.2) is 18.2 Å². The average Bonchev–Trinajstić information content (AvgIpc) is 2.37. The molecule has 0 radical (unpaired) electrons. The Labute approximate surface area is 107 Å². The van der Waals surface area contributed by atoms with E-state index < -0.39 is 34.3 Å². The van der Waals surface area contributed by atoms with Crippen LogP contribution in [0.3, 0.4) is 0 Å². The Balaban J connectivity index is 2.92. The zero-order chi connectivity index (χ0) is 14.6. The second-order valence-electron chi connectivity index (χ2n) is 3.64. The second kappa shape index (κ2) is 5.89. The Bertz CT molecular complexity index is 532. The maximum absolute atomic E-state index is 13.1. The zero-order valence-electron chi connectivity index (χ0n) is 10.2. The van der Waals surface area contributed by atoms with Gasteiger partial charge in [0.2, 0.25) is 5.82 Å². The molecular weight excluding hydrogens is 259 g/mol. The summed E-state index contributed by atoms with van der Waals surface area (Å²) in [6, 6.07) is 1.79. The summed E-state index contributed by atoms with van der Waals surface area (Å²) in [5, 5.41) is 12.8. The van der Waals surface area contributed by atoms with Gasteiger partial charge in [0.15, 0.2) is 0 Å². The number of nitrogens with zero attached hydrogens (tertiary/aromatic N) is 1. The van der Waals surface area contributed by atoms with Crippen LogP contribution in [0, 0.1) is 15.9 Å². The van der Waals surface area contributed by atoms with Crippen molar-refractivity contribution in [3.05, 3.63) is 39.7 Å². The molecule has 0 saturated heterocycles. The van der Waals surface area contributed by atoms with E-state index in [1.165, 1.54) is 6.92 Å². The highest BCUT2D eigenvalue weighted by molar-refractivity contribution is 5.97. The number of carbonyl (C=O) groups excluding carboxylic acids is 2. The lowest BCUT2D eigenvalue weighted by Crippen LogP contribution is -2.39. The third kappa shape index (κ3) is 3.47. The summed E-state index contributed by atoms with van der Waals surface area (Å²) in [4.78, 5) is 32.4. The number of amides is 1. The number of methoxy groups -OCH3 is 1. The molecule has 1 rings (SSSR count). The summed E-state index contributed by atoms with van der Waals surface area (Å²) in [6.07, 6.45) is 0. The van der Waals surface area contributed by atoms with Crippen LogP contribution < -0.4 is 5.32 Å². The Hall–Kier alpha value is -2.51. The number of nitro groups is 1. The number of ether oxygens (including phenoxy) is 1. The lowest BCUT2D eigenvalue weighted by Gasteiger charge is -2.11. The fraction of sp³-hybridized carbons (Fsp3) is 0.273. The van der Waals surface area contributed by atoms with Gasteiger partial charge >= 0.3 is 11.7 Å². The molecule has 7 nitrogen and oxygen atoms in total. The molecule has 0 bridgehead atoms. The van der Waals surface area contributed by atoms with E-state index in [1.807, 2.05) is 0 Å². The van der Waals surface area contributed by atoms with Gasteiger partial charge in [-0.15, -0.1) is 0 Å². The van der Waals surface area contributed by atoms with Crippen molar-refractivity contribution < 1.29 is 23.6 Å². The minimum atomic E-state index is -1.04. The van der Waals surface area contributed by atoms with Gasteiger partial charge in [-0.2, -0.15) is 4.39 Å². The summed E-state index contributed by atoms with van der Waals surface area (Å²) in [6.45, 7) is 1.39. The number of nitrogens with one attached hydrogen (secondary N) is 1. The number of carbonyl (C=O) groups is 2. The summed E-state index contributed by atoms with van der Waals surface area (Å²) < 4.78 is 17.5. The van der Waals surface area contributed by atoms with Gasteiger partial charge in [0, 0.05) is 11.6 Å². The molecule has 102 valence electrons. The van der Waals surface area contributed by atoms with Crippen molar-refractivity contribution in [2.24, 2.45) is 0 Å². The smallest absolute Gasteiger partial charge is 0.328 e. The van der Waals surface area contributed by atoms with E-state index in [1.54, 1.807) is 0 Å². The van der Waals surface area contributed by atoms with Gasteiger partial charge in [0.05, 0.1) is 12.0 Å². The van der Waals surface area contributed by atoms with Crippen LogP contribution in [0.1, 0.15) is 17.3 Å². The van der Waals surface area contributed by atoms with Crippen molar-refractivity contribution >= 4 is 17.6 Å². The van der Waals surface area contributed by atoms with Gasteiger partial charge < -0.3 is 10.1 Å². The number of esters is 1. The maximum Gasteiger partial charge on any atom is 0.328 e. The van der Waals surface area contributed by atoms with Gasteiger partial charge in [0.1, 0.15) is 6.04 Å². The fourth-order valence-electron chi connectivity index (χ4n) is 1.31. The summed E-state index contributed by atoms with van der Waals surface area (Å²) in [5.74, 6) is -2.44. The maximum atomic E-state index is 13.1. The van der Waals surface area contributed by atoms with E-state index >= 15 is 0 Å². The first kappa shape index (κ1) is 14.6. The van der Waals surface area contributed by atoms with Gasteiger partial charge in [-0.25, -0.2) is 4.79 Å². The van der Waals surface area contributed by atoms with E-state index in [0.717, 1.165) is 25.3 Å². The molecule has 1 aromatic carbocycles. The largest absolute Gasteiger partial charge is 0.467 e. The highest BCUT2D eigenvalue weighted by atomic mass is 19.1. The molecule has 0 unspecified atom stereocenters. The Morgan fingerprint density at radius 2 is 2.11 bits per heavy atom. The SMILES string of the molecule is COC(=O)[C@H](C)NC(=O)c1ccc(F)c([N+](=O)[O-])c1. The molecule has 0 aromatic heterocycles. The second-order valence-corrected chi connectivity index (χ2v) is 3.64. The first-order valence-electron chi connectivity index (χ1n) is 5.19. The number of hydrogen-bond donors (Lipinski definition) is 1. The summed E-state index contributed by atoms with van der Waals surface area (Å²) in [7, 11) is 1.16. The third-order valence-electron chi connectivity index (χ3n) is 2.31. The van der Waals surface area contributed by atoms with Crippen LogP contribution in [0.5, 0.6) is 0 Å². The van der Waals surface area contributed by atoms with Gasteiger partial charge in [-0.1, -0.05) is 0 Å². The molecular formula is C11H11FN2O5. The van der Waals surface area contributed by atoms with E-state index in [9.17, 15) is 24.1 Å². The number of rotatable bonds is 4. The van der Waals surface area contributed by atoms with E-state index in [0.29, 0.717) is 0 Å². The molecule has 8 heteroatoms. The molecule has 1 aromatic rings. The number of halogens is 1. The molecule has 0 aliphatic carbocycles. The van der Waals surface area contributed by atoms with Gasteiger partial charge in [-0.3, -0.25) is 14.9 Å². The fourth-order valence-corrected chi connectivity index (χ4v) is 1.31. The molecule has 1 amide bonds. The number of hydrogen-bond acceptors (Lipinski definition) is 5. The van der Waals surface area contributed by atoms with Crippen LogP contribution >= 0.6 is 0 Å². The molecule has 0 saturated carbocycles. The van der Waals surface area contributed by atoms with Crippen LogP contribution in [0.2, 0.25) is 0 Å². The highest BCUT2D eigenvalue weighted by Gasteiger charge is 2.20. The quantitative estimate of drug-likeness (QED) is 0.500. The Morgan fingerprint density at radius 3 is 2.63 bits per heavy atom. The molecule has 19 heavy (non-hydrogen) atoms. The Kier molecular flexibility index (Phi) is 4.51.